The van der Waals surface area contributed by atoms with Crippen LogP contribution >= 0.6 is 0 Å². The number of amides is 1. The summed E-state index contributed by atoms with van der Waals surface area (Å²) in [6.07, 6.45) is -0.473. The molecule has 0 saturated heterocycles. The highest BCUT2D eigenvalue weighted by Crippen LogP contribution is 2.30. The highest BCUT2D eigenvalue weighted by atomic mass is 19.3. The normalized spacial score (nSPS) is 15.4. The zero-order valence-corrected chi connectivity index (χ0v) is 11.6. The second-order valence-electron chi connectivity index (χ2n) is 4.60. The summed E-state index contributed by atoms with van der Waals surface area (Å²) in [7, 11) is 0. The number of halogens is 3. The molecule has 0 N–H and O–H groups in total. The number of benzene rings is 1. The van der Waals surface area contributed by atoms with E-state index in [1.54, 1.807) is 19.1 Å². The molecule has 1 aromatic rings. The van der Waals surface area contributed by atoms with Gasteiger partial charge < -0.3 is 9.64 Å². The van der Waals surface area contributed by atoms with Gasteiger partial charge >= 0.3 is 0 Å². The Morgan fingerprint density at radius 2 is 2.14 bits per heavy atom. The molecular weight excluding hydrogens is 283 g/mol. The smallest absolute Gasteiger partial charge is 0.256 e. The van der Waals surface area contributed by atoms with Crippen LogP contribution in [-0.2, 0) is 4.79 Å². The van der Waals surface area contributed by atoms with E-state index in [0.29, 0.717) is 18.8 Å². The number of carbonyl (C=O) groups excluding carboxylic acids is 1. The Hall–Kier alpha value is -1.98. The summed E-state index contributed by atoms with van der Waals surface area (Å²) >= 11 is 0. The molecule has 1 amide bonds. The minimum absolute atomic E-state index is 0.132. The number of allylic oxidation sites excluding steroid dienone is 1. The Labute approximate surface area is 121 Å². The fraction of sp³-hybridized carbons (Fsp3) is 0.400. The van der Waals surface area contributed by atoms with Gasteiger partial charge in [-0.2, -0.15) is 0 Å². The summed E-state index contributed by atoms with van der Waals surface area (Å²) in [6, 6.07) is 4.20. The van der Waals surface area contributed by atoms with Crippen molar-refractivity contribution in [1.82, 2.24) is 4.90 Å². The van der Waals surface area contributed by atoms with E-state index in [4.69, 9.17) is 4.74 Å². The van der Waals surface area contributed by atoms with E-state index >= 15 is 0 Å². The lowest BCUT2D eigenvalue weighted by molar-refractivity contribution is -0.129. The van der Waals surface area contributed by atoms with Crippen LogP contribution in [-0.4, -0.2) is 30.4 Å². The molecule has 21 heavy (non-hydrogen) atoms. The molecule has 1 heterocycles. The predicted octanol–water partition coefficient (Wildman–Crippen LogP) is 3.45. The van der Waals surface area contributed by atoms with E-state index in [9.17, 15) is 18.0 Å². The molecule has 0 bridgehead atoms. The number of hydrogen-bond donors (Lipinski definition) is 0. The van der Waals surface area contributed by atoms with Gasteiger partial charge in [0, 0.05) is 18.1 Å². The van der Waals surface area contributed by atoms with E-state index in [1.807, 2.05) is 0 Å². The standard InChI is InChI=1S/C15H16F3NO2/c1-2-21-10-6-7-11(12(16)8-10)13-4-3-5-15(20)19(13)9-14(17)18/h4,6-8,14H,2-3,5,9H2,1H3. The molecule has 1 aliphatic rings. The molecule has 1 aliphatic heterocycles. The monoisotopic (exact) mass is 299 g/mol. The van der Waals surface area contributed by atoms with Crippen molar-refractivity contribution in [2.75, 3.05) is 13.2 Å². The molecule has 0 aromatic heterocycles. The van der Waals surface area contributed by atoms with E-state index in [2.05, 4.69) is 0 Å². The largest absolute Gasteiger partial charge is 0.494 e. The molecule has 0 radical (unpaired) electrons. The first-order chi connectivity index (χ1) is 10.0. The highest BCUT2D eigenvalue weighted by Gasteiger charge is 2.27. The number of nitrogens with zero attached hydrogens (tertiary/aromatic N) is 1. The third-order valence-corrected chi connectivity index (χ3v) is 3.14. The molecular formula is C15H16F3NO2. The van der Waals surface area contributed by atoms with E-state index < -0.39 is 24.7 Å². The van der Waals surface area contributed by atoms with Crippen molar-refractivity contribution in [3.63, 3.8) is 0 Å². The molecule has 6 heteroatoms. The van der Waals surface area contributed by atoms with Gasteiger partial charge in [-0.15, -0.1) is 0 Å². The lowest BCUT2D eigenvalue weighted by atomic mass is 10.0. The number of ether oxygens (including phenoxy) is 1. The van der Waals surface area contributed by atoms with E-state index in [-0.39, 0.29) is 17.7 Å². The van der Waals surface area contributed by atoms with Gasteiger partial charge in [0.1, 0.15) is 11.6 Å². The number of alkyl halides is 2. The Kier molecular flexibility index (Phi) is 4.88. The van der Waals surface area contributed by atoms with Crippen LogP contribution in [0.3, 0.4) is 0 Å². The topological polar surface area (TPSA) is 29.5 Å². The van der Waals surface area contributed by atoms with Gasteiger partial charge in [0.25, 0.3) is 6.43 Å². The summed E-state index contributed by atoms with van der Waals surface area (Å²) < 4.78 is 44.6. The third kappa shape index (κ3) is 3.56. The van der Waals surface area contributed by atoms with Crippen LogP contribution in [0.2, 0.25) is 0 Å². The molecule has 0 saturated carbocycles. The lowest BCUT2D eigenvalue weighted by Gasteiger charge is -2.29. The maximum atomic E-state index is 14.1. The van der Waals surface area contributed by atoms with Gasteiger partial charge in [0.2, 0.25) is 5.91 Å². The Morgan fingerprint density at radius 3 is 2.76 bits per heavy atom. The van der Waals surface area contributed by atoms with Crippen molar-refractivity contribution >= 4 is 11.6 Å². The van der Waals surface area contributed by atoms with Gasteiger partial charge in [-0.25, -0.2) is 13.2 Å². The average molecular weight is 299 g/mol. The molecule has 1 aromatic carbocycles. The van der Waals surface area contributed by atoms with Crippen molar-refractivity contribution in [2.45, 2.75) is 26.2 Å². The van der Waals surface area contributed by atoms with Gasteiger partial charge in [-0.3, -0.25) is 4.79 Å². The van der Waals surface area contributed by atoms with Gasteiger partial charge in [-0.1, -0.05) is 6.08 Å². The third-order valence-electron chi connectivity index (χ3n) is 3.14. The van der Waals surface area contributed by atoms with Crippen LogP contribution in [0, 0.1) is 5.82 Å². The van der Waals surface area contributed by atoms with Crippen molar-refractivity contribution in [3.05, 3.63) is 35.7 Å². The van der Waals surface area contributed by atoms with Crippen LogP contribution in [0.15, 0.2) is 24.3 Å². The second-order valence-corrected chi connectivity index (χ2v) is 4.60. The molecule has 114 valence electrons. The minimum atomic E-state index is -2.67. The average Bonchev–Trinajstić information content (AvgIpc) is 2.42. The zero-order valence-electron chi connectivity index (χ0n) is 11.6. The van der Waals surface area contributed by atoms with Crippen molar-refractivity contribution < 1.29 is 22.7 Å². The van der Waals surface area contributed by atoms with Gasteiger partial charge in [0.15, 0.2) is 0 Å². The molecule has 0 fully saturated rings. The molecule has 0 atom stereocenters. The van der Waals surface area contributed by atoms with Crippen LogP contribution in [0.5, 0.6) is 5.75 Å². The van der Waals surface area contributed by atoms with E-state index in [0.717, 1.165) is 4.90 Å². The molecule has 2 rings (SSSR count). The Morgan fingerprint density at radius 1 is 1.38 bits per heavy atom. The fourth-order valence-corrected chi connectivity index (χ4v) is 2.27. The summed E-state index contributed by atoms with van der Waals surface area (Å²) in [4.78, 5) is 12.8. The maximum Gasteiger partial charge on any atom is 0.256 e. The summed E-state index contributed by atoms with van der Waals surface area (Å²) in [5, 5.41) is 0. The first-order valence-corrected chi connectivity index (χ1v) is 6.74. The molecule has 0 aliphatic carbocycles. The van der Waals surface area contributed by atoms with Crippen LogP contribution in [0.25, 0.3) is 5.70 Å². The number of carbonyl (C=O) groups is 1. The quantitative estimate of drug-likeness (QED) is 0.833. The molecule has 0 spiro atoms. The van der Waals surface area contributed by atoms with Crippen molar-refractivity contribution in [3.8, 4) is 5.75 Å². The minimum Gasteiger partial charge on any atom is -0.494 e. The highest BCUT2D eigenvalue weighted by molar-refractivity contribution is 5.89. The van der Waals surface area contributed by atoms with Gasteiger partial charge in [-0.05, 0) is 25.5 Å². The van der Waals surface area contributed by atoms with E-state index in [1.165, 1.54) is 12.1 Å². The number of rotatable bonds is 5. The lowest BCUT2D eigenvalue weighted by Crippen LogP contribution is -2.35. The zero-order chi connectivity index (χ0) is 15.4. The Bertz CT molecular complexity index is 558. The van der Waals surface area contributed by atoms with Crippen LogP contribution < -0.4 is 4.74 Å². The second kappa shape index (κ2) is 6.65. The maximum absolute atomic E-state index is 14.1. The SMILES string of the molecule is CCOc1ccc(C2=CCCC(=O)N2CC(F)F)c(F)c1. The first kappa shape index (κ1) is 15.4. The molecule has 3 nitrogen and oxygen atoms in total. The summed E-state index contributed by atoms with van der Waals surface area (Å²) in [6.45, 7) is 1.45. The van der Waals surface area contributed by atoms with Crippen LogP contribution in [0.1, 0.15) is 25.3 Å². The first-order valence-electron chi connectivity index (χ1n) is 6.74. The molecule has 0 unspecified atom stereocenters. The van der Waals surface area contributed by atoms with Gasteiger partial charge in [0.05, 0.1) is 18.8 Å². The summed E-state index contributed by atoms with van der Waals surface area (Å²) in [5.41, 5.74) is 0.333. The summed E-state index contributed by atoms with van der Waals surface area (Å²) in [5.74, 6) is -0.649. The van der Waals surface area contributed by atoms with Crippen LogP contribution in [0.4, 0.5) is 13.2 Å². The van der Waals surface area contributed by atoms with Crippen molar-refractivity contribution in [2.24, 2.45) is 0 Å². The fourth-order valence-electron chi connectivity index (χ4n) is 2.27. The van der Waals surface area contributed by atoms with Crippen molar-refractivity contribution in [1.29, 1.82) is 0 Å². The predicted molar refractivity (Wildman–Crippen MR) is 72.5 cm³/mol. The number of hydrogen-bond acceptors (Lipinski definition) is 2. The Balaban J connectivity index is 2.33.